The molecule has 0 saturated heterocycles. The van der Waals surface area contributed by atoms with Crippen LogP contribution in [0.4, 0.5) is 5.69 Å². The van der Waals surface area contributed by atoms with Crippen molar-refractivity contribution in [2.24, 2.45) is 0 Å². The molecule has 0 spiro atoms. The fraction of sp³-hybridized carbons (Fsp3) is 0.143. The molecule has 0 amide bonds. The third kappa shape index (κ3) is 2.88. The number of hydrogen-bond donors (Lipinski definition) is 1. The molecule has 0 aliphatic rings. The Morgan fingerprint density at radius 3 is 2.78 bits per heavy atom. The van der Waals surface area contributed by atoms with E-state index in [1.807, 2.05) is 37.3 Å². The lowest BCUT2D eigenvalue weighted by atomic mass is 10.0. The number of benzene rings is 1. The van der Waals surface area contributed by atoms with Crippen molar-refractivity contribution in [2.45, 2.75) is 13.0 Å². The Hall–Kier alpha value is -1.86. The summed E-state index contributed by atoms with van der Waals surface area (Å²) in [6.07, 6.45) is 3.41. The van der Waals surface area contributed by atoms with E-state index in [0.29, 0.717) is 0 Å². The summed E-state index contributed by atoms with van der Waals surface area (Å²) in [7, 11) is 0. The number of halogens is 1. The first-order valence-corrected chi connectivity index (χ1v) is 6.32. The first-order valence-electron chi connectivity index (χ1n) is 5.53. The van der Waals surface area contributed by atoms with Gasteiger partial charge in [-0.1, -0.05) is 24.3 Å². The molecule has 0 radical (unpaired) electrons. The second-order valence-corrected chi connectivity index (χ2v) is 4.87. The molecule has 1 aromatic carbocycles. The molecule has 1 N–H and O–H groups in total. The van der Waals surface area contributed by atoms with Crippen LogP contribution in [0.1, 0.15) is 17.2 Å². The standard InChI is InChI=1S/C14H12BrN3/c1-10-4-2-3-5-13(10)14(7-16)18-12-6-11(15)8-17-9-12/h2-6,8-9,14,18H,1H3/t14-/m1/s1. The number of pyridine rings is 1. The molecule has 0 aliphatic heterocycles. The van der Waals surface area contributed by atoms with Crippen molar-refractivity contribution in [2.75, 3.05) is 5.32 Å². The topological polar surface area (TPSA) is 48.7 Å². The number of nitrogens with one attached hydrogen (secondary N) is 1. The third-order valence-electron chi connectivity index (χ3n) is 2.64. The molecule has 3 nitrogen and oxygen atoms in total. The number of anilines is 1. The van der Waals surface area contributed by atoms with Gasteiger partial charge in [0.25, 0.3) is 0 Å². The zero-order valence-electron chi connectivity index (χ0n) is 9.89. The van der Waals surface area contributed by atoms with Gasteiger partial charge in [0.1, 0.15) is 6.04 Å². The average molecular weight is 302 g/mol. The Balaban J connectivity index is 2.26. The van der Waals surface area contributed by atoms with E-state index in [4.69, 9.17) is 0 Å². The Morgan fingerprint density at radius 2 is 2.11 bits per heavy atom. The van der Waals surface area contributed by atoms with E-state index in [1.165, 1.54) is 0 Å². The van der Waals surface area contributed by atoms with Crippen LogP contribution >= 0.6 is 15.9 Å². The van der Waals surface area contributed by atoms with Crippen molar-refractivity contribution >= 4 is 21.6 Å². The molecular weight excluding hydrogens is 290 g/mol. The summed E-state index contributed by atoms with van der Waals surface area (Å²) >= 11 is 3.36. The minimum atomic E-state index is -0.373. The van der Waals surface area contributed by atoms with Crippen LogP contribution in [0, 0.1) is 18.3 Å². The molecule has 2 aromatic rings. The zero-order chi connectivity index (χ0) is 13.0. The monoisotopic (exact) mass is 301 g/mol. The number of rotatable bonds is 3. The van der Waals surface area contributed by atoms with E-state index < -0.39 is 0 Å². The molecule has 0 fully saturated rings. The fourth-order valence-electron chi connectivity index (χ4n) is 1.75. The quantitative estimate of drug-likeness (QED) is 0.937. The molecule has 90 valence electrons. The van der Waals surface area contributed by atoms with Crippen LogP contribution < -0.4 is 5.32 Å². The van der Waals surface area contributed by atoms with Crippen molar-refractivity contribution < 1.29 is 0 Å². The van der Waals surface area contributed by atoms with E-state index in [1.54, 1.807) is 12.4 Å². The highest BCUT2D eigenvalue weighted by molar-refractivity contribution is 9.10. The summed E-state index contributed by atoms with van der Waals surface area (Å²) in [5.74, 6) is 0. The van der Waals surface area contributed by atoms with E-state index in [0.717, 1.165) is 21.3 Å². The SMILES string of the molecule is Cc1ccccc1[C@@H](C#N)Nc1cncc(Br)c1. The van der Waals surface area contributed by atoms with Crippen LogP contribution in [0.5, 0.6) is 0 Å². The van der Waals surface area contributed by atoms with Crippen molar-refractivity contribution in [3.8, 4) is 6.07 Å². The molecule has 1 aromatic heterocycles. The van der Waals surface area contributed by atoms with Gasteiger partial charge in [-0.25, -0.2) is 0 Å². The Labute approximate surface area is 115 Å². The van der Waals surface area contributed by atoms with Gasteiger partial charge in [-0.2, -0.15) is 5.26 Å². The van der Waals surface area contributed by atoms with Gasteiger partial charge >= 0.3 is 0 Å². The Bertz CT molecular complexity index is 590. The highest BCUT2D eigenvalue weighted by atomic mass is 79.9. The number of nitriles is 1. The molecule has 0 saturated carbocycles. The smallest absolute Gasteiger partial charge is 0.140 e. The Kier molecular flexibility index (Phi) is 3.96. The normalized spacial score (nSPS) is 11.6. The minimum Gasteiger partial charge on any atom is -0.365 e. The molecular formula is C14H12BrN3. The van der Waals surface area contributed by atoms with Crippen LogP contribution in [0.2, 0.25) is 0 Å². The fourth-order valence-corrected chi connectivity index (χ4v) is 2.11. The van der Waals surface area contributed by atoms with Crippen LogP contribution in [-0.4, -0.2) is 4.98 Å². The molecule has 2 rings (SSSR count). The highest BCUT2D eigenvalue weighted by Gasteiger charge is 2.12. The lowest BCUT2D eigenvalue weighted by Crippen LogP contribution is -2.10. The van der Waals surface area contributed by atoms with Gasteiger partial charge in [0.05, 0.1) is 18.0 Å². The summed E-state index contributed by atoms with van der Waals surface area (Å²) in [5.41, 5.74) is 2.90. The first-order chi connectivity index (χ1) is 8.70. The van der Waals surface area contributed by atoms with Crippen LogP contribution in [0.15, 0.2) is 47.2 Å². The van der Waals surface area contributed by atoms with Gasteiger partial charge in [-0.15, -0.1) is 0 Å². The van der Waals surface area contributed by atoms with Gasteiger partial charge in [0, 0.05) is 10.7 Å². The average Bonchev–Trinajstić information content (AvgIpc) is 2.37. The largest absolute Gasteiger partial charge is 0.365 e. The van der Waals surface area contributed by atoms with E-state index in [-0.39, 0.29) is 6.04 Å². The summed E-state index contributed by atoms with van der Waals surface area (Å²) < 4.78 is 0.883. The third-order valence-corrected chi connectivity index (χ3v) is 3.08. The van der Waals surface area contributed by atoms with Crippen molar-refractivity contribution in [1.29, 1.82) is 5.26 Å². The van der Waals surface area contributed by atoms with Gasteiger partial charge in [0.15, 0.2) is 0 Å². The predicted molar refractivity (Wildman–Crippen MR) is 75.1 cm³/mol. The Morgan fingerprint density at radius 1 is 1.33 bits per heavy atom. The molecule has 0 unspecified atom stereocenters. The molecule has 18 heavy (non-hydrogen) atoms. The predicted octanol–water partition coefficient (Wildman–Crippen LogP) is 3.83. The van der Waals surface area contributed by atoms with Crippen molar-refractivity contribution in [3.05, 3.63) is 58.3 Å². The van der Waals surface area contributed by atoms with E-state index in [2.05, 4.69) is 32.3 Å². The van der Waals surface area contributed by atoms with E-state index in [9.17, 15) is 5.26 Å². The molecule has 0 aliphatic carbocycles. The highest BCUT2D eigenvalue weighted by Crippen LogP contribution is 2.23. The number of hydrogen-bond acceptors (Lipinski definition) is 3. The second-order valence-electron chi connectivity index (χ2n) is 3.95. The number of aryl methyl sites for hydroxylation is 1. The maximum atomic E-state index is 9.29. The lowest BCUT2D eigenvalue weighted by molar-refractivity contribution is 0.978. The van der Waals surface area contributed by atoms with Gasteiger partial charge < -0.3 is 5.32 Å². The molecule has 0 bridgehead atoms. The van der Waals surface area contributed by atoms with Crippen molar-refractivity contribution in [3.63, 3.8) is 0 Å². The second kappa shape index (κ2) is 5.65. The van der Waals surface area contributed by atoms with Gasteiger partial charge in [-0.05, 0) is 40.0 Å². The minimum absolute atomic E-state index is 0.373. The summed E-state index contributed by atoms with van der Waals surface area (Å²) in [6, 6.07) is 11.7. The summed E-state index contributed by atoms with van der Waals surface area (Å²) in [6.45, 7) is 2.00. The van der Waals surface area contributed by atoms with Crippen LogP contribution in [0.3, 0.4) is 0 Å². The van der Waals surface area contributed by atoms with Gasteiger partial charge in [-0.3, -0.25) is 4.98 Å². The van der Waals surface area contributed by atoms with Gasteiger partial charge in [0.2, 0.25) is 0 Å². The van der Waals surface area contributed by atoms with Crippen LogP contribution in [0.25, 0.3) is 0 Å². The first kappa shape index (κ1) is 12.6. The molecule has 4 heteroatoms. The number of aromatic nitrogens is 1. The molecule has 1 heterocycles. The lowest BCUT2D eigenvalue weighted by Gasteiger charge is -2.15. The summed E-state index contributed by atoms with van der Waals surface area (Å²) in [5, 5.41) is 12.5. The maximum absolute atomic E-state index is 9.29. The van der Waals surface area contributed by atoms with Crippen LogP contribution in [-0.2, 0) is 0 Å². The number of nitrogens with zero attached hydrogens (tertiary/aromatic N) is 2. The maximum Gasteiger partial charge on any atom is 0.140 e. The van der Waals surface area contributed by atoms with Crippen molar-refractivity contribution in [1.82, 2.24) is 4.98 Å². The van der Waals surface area contributed by atoms with E-state index >= 15 is 0 Å². The summed E-state index contributed by atoms with van der Waals surface area (Å²) in [4.78, 5) is 4.07. The molecule has 1 atom stereocenters. The zero-order valence-corrected chi connectivity index (χ0v) is 11.5.